The van der Waals surface area contributed by atoms with Crippen molar-refractivity contribution in [2.75, 3.05) is 12.4 Å². The van der Waals surface area contributed by atoms with Gasteiger partial charge in [0.15, 0.2) is 5.71 Å². The number of rotatable bonds is 6. The summed E-state index contributed by atoms with van der Waals surface area (Å²) in [5.41, 5.74) is 11.7. The highest BCUT2D eigenvalue weighted by Crippen LogP contribution is 2.43. The number of allylic oxidation sites excluding steroid dienone is 7. The third-order valence-corrected chi connectivity index (χ3v) is 9.67. The third kappa shape index (κ3) is 6.52. The van der Waals surface area contributed by atoms with Gasteiger partial charge in [-0.3, -0.25) is 5.32 Å². The van der Waals surface area contributed by atoms with E-state index in [1.54, 1.807) is 0 Å². The molecule has 4 heteroatoms. The lowest BCUT2D eigenvalue weighted by Crippen LogP contribution is -2.76. The lowest BCUT2D eigenvalue weighted by atomic mass is 9.78. The van der Waals surface area contributed by atoms with Crippen LogP contribution in [0, 0.1) is 12.8 Å². The average Bonchev–Trinajstić information content (AvgIpc) is 3.60. The molecule has 0 unspecified atom stereocenters. The van der Waals surface area contributed by atoms with E-state index in [-0.39, 0.29) is 5.41 Å². The average molecular weight is 635 g/mol. The summed E-state index contributed by atoms with van der Waals surface area (Å²) in [6, 6.07) is 26.3. The Kier molecular flexibility index (Phi) is 10.8. The number of nitrogens with one attached hydrogen (secondary N) is 3. The monoisotopic (exact) mass is 634 g/mol. The van der Waals surface area contributed by atoms with Crippen molar-refractivity contribution in [2.24, 2.45) is 0 Å². The second-order valence-electron chi connectivity index (χ2n) is 12.7. The molecule has 0 amide bonds. The Labute approximate surface area is 287 Å². The van der Waals surface area contributed by atoms with Crippen molar-refractivity contribution in [3.63, 3.8) is 0 Å². The molecule has 48 heavy (non-hydrogen) atoms. The molecule has 0 radical (unpaired) electrons. The van der Waals surface area contributed by atoms with Crippen LogP contribution in [0.2, 0.25) is 0 Å². The van der Waals surface area contributed by atoms with Crippen LogP contribution in [-0.4, -0.2) is 12.8 Å². The lowest BCUT2D eigenvalue weighted by Gasteiger charge is -2.19. The Morgan fingerprint density at radius 1 is 0.875 bits per heavy atom. The molecule has 0 bridgehead atoms. The van der Waals surface area contributed by atoms with Gasteiger partial charge in [-0.05, 0) is 84.5 Å². The van der Waals surface area contributed by atoms with Gasteiger partial charge in [-0.1, -0.05) is 81.4 Å². The number of hydrogen-bond acceptors (Lipinski definition) is 2. The lowest BCUT2D eigenvalue weighted by molar-refractivity contribution is -0.532. The van der Waals surface area contributed by atoms with Crippen molar-refractivity contribution in [1.82, 2.24) is 5.32 Å². The van der Waals surface area contributed by atoms with Gasteiger partial charge in [-0.2, -0.15) is 0 Å². The first-order chi connectivity index (χ1) is 23.5. The van der Waals surface area contributed by atoms with Crippen molar-refractivity contribution in [3.05, 3.63) is 143 Å². The number of nitrogens with two attached hydrogens (primary N) is 1. The fraction of sp³-hybridized carbons (Fsp3) is 0.250. The molecular formula is C44H50N4+2. The minimum absolute atomic E-state index is 0.107. The summed E-state index contributed by atoms with van der Waals surface area (Å²) < 4.78 is 0. The number of terminal acetylenes is 1. The maximum atomic E-state index is 4.00. The van der Waals surface area contributed by atoms with E-state index in [2.05, 4.69) is 158 Å². The van der Waals surface area contributed by atoms with Crippen LogP contribution < -0.4 is 20.9 Å². The third-order valence-electron chi connectivity index (χ3n) is 9.67. The molecular weight excluding hydrogens is 585 g/mol. The highest BCUT2D eigenvalue weighted by atomic mass is 14.9. The molecule has 0 aromatic heterocycles. The molecule has 244 valence electrons. The molecule has 2 aliphatic heterocycles. The Hall–Kier alpha value is -5.11. The van der Waals surface area contributed by atoms with Gasteiger partial charge in [0.05, 0.1) is 11.6 Å². The first-order valence-corrected chi connectivity index (χ1v) is 17.2. The summed E-state index contributed by atoms with van der Waals surface area (Å²) in [4.78, 5) is 3.76. The molecule has 3 aliphatic rings. The summed E-state index contributed by atoms with van der Waals surface area (Å²) in [5.74, 6) is 0.321. The van der Waals surface area contributed by atoms with E-state index in [0.717, 1.165) is 19.3 Å². The van der Waals surface area contributed by atoms with Crippen molar-refractivity contribution < 1.29 is 10.3 Å². The largest absolute Gasteiger partial charge is 0.390 e. The van der Waals surface area contributed by atoms with E-state index < -0.39 is 0 Å². The molecule has 4 aromatic rings. The van der Waals surface area contributed by atoms with Gasteiger partial charge in [-0.15, -0.1) is 12.8 Å². The molecule has 1 atom stereocenters. The highest BCUT2D eigenvalue weighted by molar-refractivity contribution is 6.07. The van der Waals surface area contributed by atoms with Crippen LogP contribution in [-0.2, 0) is 5.41 Å². The van der Waals surface area contributed by atoms with Crippen LogP contribution in [0.15, 0.2) is 132 Å². The van der Waals surface area contributed by atoms with Crippen LogP contribution >= 0.6 is 0 Å². The molecule has 0 saturated heterocycles. The smallest absolute Gasteiger partial charge is 0.208 e. The predicted molar refractivity (Wildman–Crippen MR) is 206 cm³/mol. The molecule has 1 aliphatic carbocycles. The van der Waals surface area contributed by atoms with E-state index in [9.17, 15) is 0 Å². The fourth-order valence-electron chi connectivity index (χ4n) is 7.33. The quantitative estimate of drug-likeness (QED) is 0.163. The van der Waals surface area contributed by atoms with Gasteiger partial charge in [0.25, 0.3) is 0 Å². The number of hydrogen-bond donors (Lipinski definition) is 4. The van der Waals surface area contributed by atoms with Crippen LogP contribution in [0.4, 0.5) is 11.4 Å². The first kappa shape index (κ1) is 34.2. The summed E-state index contributed by atoms with van der Waals surface area (Å²) >= 11 is 0. The Morgan fingerprint density at radius 2 is 1.56 bits per heavy atom. The van der Waals surface area contributed by atoms with Crippen molar-refractivity contribution in [3.8, 4) is 12.8 Å². The summed E-state index contributed by atoms with van der Waals surface area (Å²) in [6.07, 6.45) is 24.8. The van der Waals surface area contributed by atoms with Crippen molar-refractivity contribution >= 4 is 38.6 Å². The molecule has 0 spiro atoms. The molecule has 0 saturated carbocycles. The Morgan fingerprint density at radius 3 is 2.31 bits per heavy atom. The maximum absolute atomic E-state index is 4.00. The molecule has 2 heterocycles. The normalized spacial score (nSPS) is 19.5. The molecule has 4 aromatic carbocycles. The van der Waals surface area contributed by atoms with Crippen molar-refractivity contribution in [1.29, 1.82) is 0 Å². The number of benzene rings is 4. The molecule has 4 nitrogen and oxygen atoms in total. The summed E-state index contributed by atoms with van der Waals surface area (Å²) in [7, 11) is 1.95. The zero-order valence-corrected chi connectivity index (χ0v) is 29.3. The van der Waals surface area contributed by atoms with Gasteiger partial charge >= 0.3 is 0 Å². The van der Waals surface area contributed by atoms with Gasteiger partial charge < -0.3 is 10.6 Å². The van der Waals surface area contributed by atoms with Crippen LogP contribution in [0.5, 0.6) is 0 Å². The van der Waals surface area contributed by atoms with E-state index in [1.807, 2.05) is 27.1 Å². The predicted octanol–water partition coefficient (Wildman–Crippen LogP) is 8.00. The minimum atomic E-state index is -0.107. The van der Waals surface area contributed by atoms with E-state index in [4.69, 9.17) is 0 Å². The molecule has 5 N–H and O–H groups in total. The minimum Gasteiger partial charge on any atom is -0.390 e. The van der Waals surface area contributed by atoms with E-state index >= 15 is 0 Å². The van der Waals surface area contributed by atoms with Gasteiger partial charge in [0, 0.05) is 53.2 Å². The van der Waals surface area contributed by atoms with Crippen LogP contribution in [0.1, 0.15) is 70.9 Å². The Balaban J connectivity index is 0.00000109. The topological polar surface area (TPSA) is 54.6 Å². The SMILES string of the molecule is C#C.CC.CN/C=C\[NH2+]C1=C(/C=C/C2=[NH+]c3ccc4ccccc4c3C2(C)C)CCC/C1=C\C=C1\Nc2ccc3ccccc3c2[C@@H]1C. The molecule has 0 fully saturated rings. The van der Waals surface area contributed by atoms with E-state index in [0.29, 0.717) is 5.92 Å². The van der Waals surface area contributed by atoms with Gasteiger partial charge in [0.2, 0.25) is 5.69 Å². The number of fused-ring (bicyclic) bond motifs is 6. The fourth-order valence-corrected chi connectivity index (χ4v) is 7.33. The zero-order chi connectivity index (χ0) is 34.3. The van der Waals surface area contributed by atoms with Gasteiger partial charge in [-0.25, -0.2) is 4.99 Å². The van der Waals surface area contributed by atoms with Gasteiger partial charge in [0.1, 0.15) is 11.9 Å². The maximum Gasteiger partial charge on any atom is 0.208 e. The second-order valence-corrected chi connectivity index (χ2v) is 12.7. The zero-order valence-electron chi connectivity index (χ0n) is 29.3. The Bertz CT molecular complexity index is 2010. The second kappa shape index (κ2) is 15.2. The first-order valence-electron chi connectivity index (χ1n) is 17.2. The highest BCUT2D eigenvalue weighted by Gasteiger charge is 2.41. The molecule has 7 rings (SSSR count). The standard InChI is InChI=1S/C40H40N4.C2H6.C2H2/c1-26-33(43-34-21-16-27-10-5-7-14-31(27)37(26)34)20-18-29-12-9-13-30(39(29)42-25-24-41-4)19-23-36-40(2,3)38-32-15-8-6-11-28(32)17-22-35(38)44-36;2*1-2/h5-8,10-11,14-26,41-43H,9,12-13H2,1-4H3;1-2H3;1-2H/p+2/b23-19+,25-24-,29-18+,33-20+;;/t26-;;/m1../s1. The van der Waals surface area contributed by atoms with Crippen LogP contribution in [0.25, 0.3) is 21.5 Å². The number of quaternary nitrogens is 1. The summed E-state index contributed by atoms with van der Waals surface area (Å²) in [5, 5.41) is 14.4. The van der Waals surface area contributed by atoms with E-state index in [1.165, 1.54) is 72.3 Å². The summed E-state index contributed by atoms with van der Waals surface area (Å²) in [6.45, 7) is 11.0. The number of anilines is 1. The van der Waals surface area contributed by atoms with Crippen molar-refractivity contribution in [2.45, 2.75) is 65.2 Å². The van der Waals surface area contributed by atoms with Crippen LogP contribution in [0.3, 0.4) is 0 Å².